The Morgan fingerprint density at radius 2 is 1.95 bits per heavy atom. The number of benzene rings is 2. The second-order valence-electron chi connectivity index (χ2n) is 4.60. The molecule has 0 fully saturated rings. The van der Waals surface area contributed by atoms with E-state index in [-0.39, 0.29) is 11.6 Å². The third kappa shape index (κ3) is 3.48. The molecule has 0 aromatic heterocycles. The molecule has 0 heterocycles. The van der Waals surface area contributed by atoms with Gasteiger partial charge in [0.15, 0.2) is 0 Å². The van der Waals surface area contributed by atoms with Crippen molar-refractivity contribution in [2.24, 2.45) is 0 Å². The minimum absolute atomic E-state index is 0.238. The van der Waals surface area contributed by atoms with Crippen LogP contribution in [0.4, 0.5) is 20.2 Å². The van der Waals surface area contributed by atoms with Gasteiger partial charge in [0.2, 0.25) is 0 Å². The second kappa shape index (κ2) is 6.22. The highest BCUT2D eigenvalue weighted by Crippen LogP contribution is 2.26. The molecule has 0 aliphatic rings. The zero-order valence-electron chi connectivity index (χ0n) is 11.0. The Bertz CT molecular complexity index is 630. The smallest absolute Gasteiger partial charge is 0.139 e. The summed E-state index contributed by atoms with van der Waals surface area (Å²) in [4.78, 5) is 0. The molecular formula is C15H15BrF2N2. The summed E-state index contributed by atoms with van der Waals surface area (Å²) in [7, 11) is 0. The molecule has 2 aromatic carbocycles. The van der Waals surface area contributed by atoms with Crippen molar-refractivity contribution in [1.29, 1.82) is 0 Å². The van der Waals surface area contributed by atoms with Gasteiger partial charge in [0, 0.05) is 12.6 Å². The van der Waals surface area contributed by atoms with Crippen LogP contribution in [0.1, 0.15) is 11.1 Å². The van der Waals surface area contributed by atoms with Gasteiger partial charge in [0.05, 0.1) is 15.8 Å². The number of aryl methyl sites for hydroxylation is 1. The first-order chi connectivity index (χ1) is 9.47. The standard InChI is InChI=1S/C15H15BrF2N2/c1-9-6-11(17)3-2-10(9)4-5-20-15-8-13(18)12(16)7-14(15)19/h2-3,6-8,20H,4-5,19H2,1H3. The summed E-state index contributed by atoms with van der Waals surface area (Å²) in [6.07, 6.45) is 0.712. The molecule has 2 rings (SSSR count). The first kappa shape index (κ1) is 14.8. The van der Waals surface area contributed by atoms with E-state index >= 15 is 0 Å². The normalized spacial score (nSPS) is 10.6. The van der Waals surface area contributed by atoms with Gasteiger partial charge in [-0.15, -0.1) is 0 Å². The van der Waals surface area contributed by atoms with Gasteiger partial charge in [0.25, 0.3) is 0 Å². The Morgan fingerprint density at radius 1 is 1.20 bits per heavy atom. The number of halogens is 3. The molecule has 2 nitrogen and oxygen atoms in total. The van der Waals surface area contributed by atoms with Crippen molar-refractivity contribution >= 4 is 27.3 Å². The monoisotopic (exact) mass is 340 g/mol. The van der Waals surface area contributed by atoms with E-state index in [1.54, 1.807) is 6.07 Å². The number of nitrogens with one attached hydrogen (secondary N) is 1. The summed E-state index contributed by atoms with van der Waals surface area (Å²) >= 11 is 3.08. The van der Waals surface area contributed by atoms with Crippen molar-refractivity contribution in [3.05, 3.63) is 57.6 Å². The lowest BCUT2D eigenvalue weighted by atomic mass is 10.1. The molecular weight excluding hydrogens is 326 g/mol. The SMILES string of the molecule is Cc1cc(F)ccc1CCNc1cc(F)c(Br)cc1N. The van der Waals surface area contributed by atoms with Gasteiger partial charge in [-0.1, -0.05) is 6.07 Å². The largest absolute Gasteiger partial charge is 0.397 e. The van der Waals surface area contributed by atoms with Gasteiger partial charge in [-0.25, -0.2) is 8.78 Å². The van der Waals surface area contributed by atoms with Gasteiger partial charge < -0.3 is 11.1 Å². The van der Waals surface area contributed by atoms with Crippen LogP contribution in [0.15, 0.2) is 34.8 Å². The summed E-state index contributed by atoms with van der Waals surface area (Å²) in [6.45, 7) is 2.46. The zero-order valence-corrected chi connectivity index (χ0v) is 12.6. The number of anilines is 2. The molecule has 0 aliphatic carbocycles. The molecule has 0 radical (unpaired) electrons. The van der Waals surface area contributed by atoms with Crippen molar-refractivity contribution in [2.45, 2.75) is 13.3 Å². The maximum absolute atomic E-state index is 13.4. The van der Waals surface area contributed by atoms with E-state index in [4.69, 9.17) is 5.73 Å². The fourth-order valence-corrected chi connectivity index (χ4v) is 2.35. The van der Waals surface area contributed by atoms with E-state index in [0.29, 0.717) is 28.8 Å². The Hall–Kier alpha value is -1.62. The van der Waals surface area contributed by atoms with E-state index < -0.39 is 0 Å². The minimum atomic E-state index is -0.361. The summed E-state index contributed by atoms with van der Waals surface area (Å²) in [6, 6.07) is 7.59. The van der Waals surface area contributed by atoms with Crippen LogP contribution in [0, 0.1) is 18.6 Å². The Morgan fingerprint density at radius 3 is 2.65 bits per heavy atom. The van der Waals surface area contributed by atoms with E-state index in [9.17, 15) is 8.78 Å². The lowest BCUT2D eigenvalue weighted by Crippen LogP contribution is -2.08. The molecule has 106 valence electrons. The quantitative estimate of drug-likeness (QED) is 0.815. The topological polar surface area (TPSA) is 38.0 Å². The van der Waals surface area contributed by atoms with E-state index in [1.807, 2.05) is 6.92 Å². The van der Waals surface area contributed by atoms with Crippen LogP contribution in [0.5, 0.6) is 0 Å². The predicted molar refractivity (Wildman–Crippen MR) is 81.8 cm³/mol. The van der Waals surface area contributed by atoms with Crippen molar-refractivity contribution in [3.8, 4) is 0 Å². The molecule has 0 amide bonds. The predicted octanol–water partition coefficient (Wildman–Crippen LogP) is 4.27. The molecule has 0 atom stereocenters. The average molecular weight is 341 g/mol. The van der Waals surface area contributed by atoms with Crippen molar-refractivity contribution in [3.63, 3.8) is 0 Å². The number of hydrogen-bond donors (Lipinski definition) is 2. The van der Waals surface area contributed by atoms with E-state index in [1.165, 1.54) is 24.3 Å². The van der Waals surface area contributed by atoms with Crippen LogP contribution in [0.25, 0.3) is 0 Å². The summed E-state index contributed by atoms with van der Waals surface area (Å²) in [5.74, 6) is -0.599. The fourth-order valence-electron chi connectivity index (χ4n) is 1.99. The third-order valence-corrected chi connectivity index (χ3v) is 3.71. The molecule has 2 aromatic rings. The van der Waals surface area contributed by atoms with Gasteiger partial charge >= 0.3 is 0 Å². The van der Waals surface area contributed by atoms with Crippen molar-refractivity contribution < 1.29 is 8.78 Å². The summed E-state index contributed by atoms with van der Waals surface area (Å²) < 4.78 is 26.8. The summed E-state index contributed by atoms with van der Waals surface area (Å²) in [5, 5.41) is 3.09. The fraction of sp³-hybridized carbons (Fsp3) is 0.200. The zero-order chi connectivity index (χ0) is 14.7. The number of hydrogen-bond acceptors (Lipinski definition) is 2. The van der Waals surface area contributed by atoms with Crippen LogP contribution in [0.2, 0.25) is 0 Å². The van der Waals surface area contributed by atoms with Gasteiger partial charge in [-0.2, -0.15) is 0 Å². The Balaban J connectivity index is 2.01. The number of rotatable bonds is 4. The maximum Gasteiger partial charge on any atom is 0.139 e. The first-order valence-corrected chi connectivity index (χ1v) is 7.00. The molecule has 0 saturated carbocycles. The molecule has 20 heavy (non-hydrogen) atoms. The van der Waals surface area contributed by atoms with Gasteiger partial charge in [0.1, 0.15) is 11.6 Å². The maximum atomic E-state index is 13.4. The van der Waals surface area contributed by atoms with Crippen LogP contribution in [0.3, 0.4) is 0 Å². The lowest BCUT2D eigenvalue weighted by molar-refractivity contribution is 0.621. The number of nitrogens with two attached hydrogens (primary N) is 1. The first-order valence-electron chi connectivity index (χ1n) is 6.21. The molecule has 0 spiro atoms. The lowest BCUT2D eigenvalue weighted by Gasteiger charge is -2.11. The van der Waals surface area contributed by atoms with Crippen LogP contribution < -0.4 is 11.1 Å². The molecule has 0 saturated heterocycles. The van der Waals surface area contributed by atoms with Gasteiger partial charge in [-0.3, -0.25) is 0 Å². The second-order valence-corrected chi connectivity index (χ2v) is 5.46. The van der Waals surface area contributed by atoms with E-state index in [2.05, 4.69) is 21.2 Å². The van der Waals surface area contributed by atoms with Crippen molar-refractivity contribution in [1.82, 2.24) is 0 Å². The Labute approximate surface area is 125 Å². The molecule has 5 heteroatoms. The molecule has 0 bridgehead atoms. The van der Waals surface area contributed by atoms with Crippen LogP contribution in [-0.2, 0) is 6.42 Å². The Kier molecular flexibility index (Phi) is 4.60. The highest BCUT2D eigenvalue weighted by Gasteiger charge is 2.06. The van der Waals surface area contributed by atoms with Crippen LogP contribution in [-0.4, -0.2) is 6.54 Å². The highest BCUT2D eigenvalue weighted by molar-refractivity contribution is 9.10. The number of nitrogen functional groups attached to an aromatic ring is 1. The summed E-state index contributed by atoms with van der Waals surface area (Å²) in [5.41, 5.74) is 8.81. The minimum Gasteiger partial charge on any atom is -0.397 e. The van der Waals surface area contributed by atoms with Crippen molar-refractivity contribution in [2.75, 3.05) is 17.6 Å². The molecule has 0 aliphatic heterocycles. The average Bonchev–Trinajstić information content (AvgIpc) is 2.38. The third-order valence-electron chi connectivity index (χ3n) is 3.11. The molecule has 0 unspecified atom stereocenters. The van der Waals surface area contributed by atoms with Crippen LogP contribution >= 0.6 is 15.9 Å². The highest BCUT2D eigenvalue weighted by atomic mass is 79.9. The molecule has 3 N–H and O–H groups in total. The van der Waals surface area contributed by atoms with E-state index in [0.717, 1.165) is 11.1 Å². The van der Waals surface area contributed by atoms with Gasteiger partial charge in [-0.05, 0) is 58.6 Å².